The third-order valence-electron chi connectivity index (χ3n) is 2.42. The Hall–Kier alpha value is -1.78. The van der Waals surface area contributed by atoms with Crippen LogP contribution in [-0.2, 0) is 6.54 Å². The van der Waals surface area contributed by atoms with Crippen molar-refractivity contribution in [1.82, 2.24) is 0 Å². The van der Waals surface area contributed by atoms with E-state index in [0.29, 0.717) is 6.54 Å². The van der Waals surface area contributed by atoms with E-state index in [1.165, 1.54) is 0 Å². The smallest absolute Gasteiger partial charge is 0.240 e. The van der Waals surface area contributed by atoms with Gasteiger partial charge in [0.25, 0.3) is 0 Å². The molecule has 2 rings (SSSR count). The SMILES string of the molecule is [C-]#[N+]Cc1ccccc1-c1ccc(Cl)cc1. The standard InChI is InChI=1S/C14H10ClN/c1-16-10-12-4-2-3-5-14(12)11-6-8-13(15)9-7-11/h2-9H,10H2. The molecule has 2 aromatic rings. The molecule has 78 valence electrons. The van der Waals surface area contributed by atoms with E-state index >= 15 is 0 Å². The average Bonchev–Trinajstić information content (AvgIpc) is 2.32. The minimum Gasteiger partial charge on any atom is -0.312 e. The van der Waals surface area contributed by atoms with Crippen LogP contribution < -0.4 is 0 Å². The highest BCUT2D eigenvalue weighted by molar-refractivity contribution is 6.30. The summed E-state index contributed by atoms with van der Waals surface area (Å²) in [7, 11) is 0. The van der Waals surface area contributed by atoms with Crippen LogP contribution in [0.1, 0.15) is 5.56 Å². The Morgan fingerprint density at radius 1 is 1.00 bits per heavy atom. The molecule has 0 spiro atoms. The Morgan fingerprint density at radius 2 is 1.69 bits per heavy atom. The van der Waals surface area contributed by atoms with Gasteiger partial charge in [0.1, 0.15) is 0 Å². The Kier molecular flexibility index (Phi) is 3.24. The fourth-order valence-corrected chi connectivity index (χ4v) is 1.78. The molecule has 16 heavy (non-hydrogen) atoms. The minimum absolute atomic E-state index is 0.415. The summed E-state index contributed by atoms with van der Waals surface area (Å²) >= 11 is 5.85. The van der Waals surface area contributed by atoms with E-state index in [-0.39, 0.29) is 0 Å². The second-order valence-electron chi connectivity index (χ2n) is 3.48. The molecule has 0 atom stereocenters. The van der Waals surface area contributed by atoms with Gasteiger partial charge in [0.15, 0.2) is 0 Å². The fraction of sp³-hybridized carbons (Fsp3) is 0.0714. The summed E-state index contributed by atoms with van der Waals surface area (Å²) in [6.07, 6.45) is 0. The van der Waals surface area contributed by atoms with Crippen LogP contribution in [0.4, 0.5) is 0 Å². The molecule has 0 amide bonds. The lowest BCUT2D eigenvalue weighted by molar-refractivity contribution is 1.27. The molecule has 2 aromatic carbocycles. The van der Waals surface area contributed by atoms with E-state index < -0.39 is 0 Å². The molecule has 1 nitrogen and oxygen atoms in total. The number of rotatable bonds is 2. The monoisotopic (exact) mass is 227 g/mol. The van der Waals surface area contributed by atoms with Gasteiger partial charge in [-0.15, -0.1) is 0 Å². The van der Waals surface area contributed by atoms with Crippen LogP contribution in [-0.4, -0.2) is 0 Å². The van der Waals surface area contributed by atoms with Crippen LogP contribution in [0.5, 0.6) is 0 Å². The summed E-state index contributed by atoms with van der Waals surface area (Å²) in [5.41, 5.74) is 3.26. The van der Waals surface area contributed by atoms with Gasteiger partial charge < -0.3 is 4.85 Å². The Bertz CT molecular complexity index is 523. The molecule has 0 aliphatic rings. The second kappa shape index (κ2) is 4.83. The van der Waals surface area contributed by atoms with Crippen LogP contribution in [0, 0.1) is 6.57 Å². The zero-order valence-corrected chi connectivity index (χ0v) is 9.41. The molecule has 0 saturated carbocycles. The fourth-order valence-electron chi connectivity index (χ4n) is 1.65. The van der Waals surface area contributed by atoms with Crippen LogP contribution >= 0.6 is 11.6 Å². The van der Waals surface area contributed by atoms with Crippen molar-refractivity contribution >= 4 is 11.6 Å². The van der Waals surface area contributed by atoms with Crippen molar-refractivity contribution in [3.63, 3.8) is 0 Å². The number of nitrogens with zero attached hydrogens (tertiary/aromatic N) is 1. The van der Waals surface area contributed by atoms with E-state index in [1.807, 2.05) is 48.5 Å². The van der Waals surface area contributed by atoms with Crippen molar-refractivity contribution in [2.45, 2.75) is 6.54 Å². The van der Waals surface area contributed by atoms with Gasteiger partial charge in [-0.25, -0.2) is 6.57 Å². The maximum Gasteiger partial charge on any atom is 0.240 e. The van der Waals surface area contributed by atoms with E-state index in [1.54, 1.807) is 0 Å². The molecule has 0 N–H and O–H groups in total. The molecule has 2 heteroatoms. The largest absolute Gasteiger partial charge is 0.312 e. The Balaban J connectivity index is 2.47. The number of benzene rings is 2. The molecule has 0 aliphatic carbocycles. The quantitative estimate of drug-likeness (QED) is 0.669. The maximum atomic E-state index is 6.94. The Morgan fingerprint density at radius 3 is 2.38 bits per heavy atom. The van der Waals surface area contributed by atoms with Gasteiger partial charge in [-0.3, -0.25) is 0 Å². The number of hydrogen-bond acceptors (Lipinski definition) is 0. The van der Waals surface area contributed by atoms with Gasteiger partial charge >= 0.3 is 0 Å². The van der Waals surface area contributed by atoms with Gasteiger partial charge in [-0.2, -0.15) is 0 Å². The molecule has 0 bridgehead atoms. The normalized spacial score (nSPS) is 9.75. The maximum absolute atomic E-state index is 6.94. The van der Waals surface area contributed by atoms with Gasteiger partial charge in [0, 0.05) is 10.6 Å². The summed E-state index contributed by atoms with van der Waals surface area (Å²) in [6, 6.07) is 15.6. The topological polar surface area (TPSA) is 4.36 Å². The van der Waals surface area contributed by atoms with Gasteiger partial charge in [0.05, 0.1) is 0 Å². The third-order valence-corrected chi connectivity index (χ3v) is 2.67. The Labute approximate surface area is 100 Å². The molecule has 0 saturated heterocycles. The first-order chi connectivity index (χ1) is 7.81. The van der Waals surface area contributed by atoms with E-state index in [2.05, 4.69) is 4.85 Å². The highest BCUT2D eigenvalue weighted by atomic mass is 35.5. The van der Waals surface area contributed by atoms with Crippen LogP contribution in [0.2, 0.25) is 5.02 Å². The lowest BCUT2D eigenvalue weighted by Gasteiger charge is -2.05. The summed E-state index contributed by atoms with van der Waals surface area (Å²) in [5.74, 6) is 0. The zero-order valence-electron chi connectivity index (χ0n) is 8.65. The van der Waals surface area contributed by atoms with E-state index in [0.717, 1.165) is 21.7 Å². The van der Waals surface area contributed by atoms with Crippen molar-refractivity contribution in [1.29, 1.82) is 0 Å². The van der Waals surface area contributed by atoms with Gasteiger partial charge in [0.2, 0.25) is 6.54 Å². The predicted octanol–water partition coefficient (Wildman–Crippen LogP) is 4.43. The van der Waals surface area contributed by atoms with E-state index in [9.17, 15) is 0 Å². The van der Waals surface area contributed by atoms with Crippen molar-refractivity contribution in [2.75, 3.05) is 0 Å². The van der Waals surface area contributed by atoms with Gasteiger partial charge in [-0.1, -0.05) is 48.0 Å². The molecule has 0 heterocycles. The van der Waals surface area contributed by atoms with Crippen LogP contribution in [0.3, 0.4) is 0 Å². The van der Waals surface area contributed by atoms with Crippen molar-refractivity contribution in [3.8, 4) is 11.1 Å². The first-order valence-corrected chi connectivity index (χ1v) is 5.36. The highest BCUT2D eigenvalue weighted by Gasteiger charge is 2.05. The molecule has 0 fully saturated rings. The summed E-state index contributed by atoms with van der Waals surface area (Å²) in [6.45, 7) is 7.35. The first-order valence-electron chi connectivity index (χ1n) is 4.98. The third kappa shape index (κ3) is 2.24. The number of hydrogen-bond donors (Lipinski definition) is 0. The van der Waals surface area contributed by atoms with Crippen molar-refractivity contribution in [2.24, 2.45) is 0 Å². The molecular formula is C14H10ClN. The molecular weight excluding hydrogens is 218 g/mol. The van der Waals surface area contributed by atoms with Crippen LogP contribution in [0.15, 0.2) is 48.5 Å². The van der Waals surface area contributed by atoms with E-state index in [4.69, 9.17) is 18.2 Å². The van der Waals surface area contributed by atoms with Gasteiger partial charge in [-0.05, 0) is 23.3 Å². The summed E-state index contributed by atoms with van der Waals surface area (Å²) in [5, 5.41) is 0.728. The predicted molar refractivity (Wildman–Crippen MR) is 67.2 cm³/mol. The zero-order chi connectivity index (χ0) is 11.4. The summed E-state index contributed by atoms with van der Waals surface area (Å²) < 4.78 is 0. The molecule has 0 radical (unpaired) electrons. The molecule has 0 aromatic heterocycles. The minimum atomic E-state index is 0.415. The second-order valence-corrected chi connectivity index (χ2v) is 3.92. The summed E-state index contributed by atoms with van der Waals surface area (Å²) in [4.78, 5) is 3.43. The van der Waals surface area contributed by atoms with Crippen molar-refractivity contribution in [3.05, 3.63) is 70.5 Å². The molecule has 0 unspecified atom stereocenters. The lowest BCUT2D eigenvalue weighted by Crippen LogP contribution is -1.86. The average molecular weight is 228 g/mol. The highest BCUT2D eigenvalue weighted by Crippen LogP contribution is 2.25. The lowest BCUT2D eigenvalue weighted by atomic mass is 10.00. The van der Waals surface area contributed by atoms with Crippen LogP contribution in [0.25, 0.3) is 16.0 Å². The first kappa shape index (κ1) is 10.7. The number of halogens is 1. The van der Waals surface area contributed by atoms with Crippen molar-refractivity contribution < 1.29 is 0 Å². The molecule has 0 aliphatic heterocycles.